The average Bonchev–Trinajstić information content (AvgIpc) is 3.02. The number of carboxylic acids is 1. The van der Waals surface area contributed by atoms with Gasteiger partial charge in [-0.05, 0) is 25.8 Å². The number of furan rings is 1. The van der Waals surface area contributed by atoms with Crippen LogP contribution in [0.1, 0.15) is 44.0 Å². The van der Waals surface area contributed by atoms with E-state index in [9.17, 15) is 19.5 Å². The molecule has 0 aliphatic carbocycles. The lowest BCUT2D eigenvalue weighted by Gasteiger charge is -2.27. The maximum Gasteiger partial charge on any atom is 0.311 e. The molecule has 1 atom stereocenters. The van der Waals surface area contributed by atoms with Crippen molar-refractivity contribution in [3.05, 3.63) is 24.2 Å². The van der Waals surface area contributed by atoms with E-state index in [4.69, 9.17) is 4.42 Å². The number of carbonyl (C=O) groups is 3. The second-order valence-corrected chi connectivity index (χ2v) is 5.22. The van der Waals surface area contributed by atoms with Crippen molar-refractivity contribution in [2.24, 2.45) is 5.41 Å². The third-order valence-electron chi connectivity index (χ3n) is 3.93. The van der Waals surface area contributed by atoms with Crippen molar-refractivity contribution in [1.29, 1.82) is 0 Å². The predicted octanol–water partition coefficient (Wildman–Crippen LogP) is 1.41. The van der Waals surface area contributed by atoms with Crippen LogP contribution in [0.4, 0.5) is 0 Å². The summed E-state index contributed by atoms with van der Waals surface area (Å²) in [5.41, 5.74) is -0.661. The van der Waals surface area contributed by atoms with Crippen molar-refractivity contribution in [2.75, 3.05) is 6.54 Å². The molecule has 1 aromatic rings. The number of amides is 2. The summed E-state index contributed by atoms with van der Waals surface area (Å²) in [4.78, 5) is 35.2. The van der Waals surface area contributed by atoms with Crippen LogP contribution in [0.5, 0.6) is 0 Å². The van der Waals surface area contributed by atoms with Crippen molar-refractivity contribution in [3.8, 4) is 0 Å². The van der Waals surface area contributed by atoms with Gasteiger partial charge in [0.2, 0.25) is 5.91 Å². The highest BCUT2D eigenvalue weighted by Gasteiger charge is 2.35. The number of hydrogen-bond donors (Lipinski definition) is 3. The minimum absolute atomic E-state index is 0.0279. The Hall–Kier alpha value is -2.31. The molecular formula is C15H22N2O5. The number of carbonyl (C=O) groups excluding carboxylic acids is 2. The van der Waals surface area contributed by atoms with Gasteiger partial charge in [-0.2, -0.15) is 0 Å². The quantitative estimate of drug-likeness (QED) is 0.672. The van der Waals surface area contributed by atoms with E-state index in [1.54, 1.807) is 13.8 Å². The number of aliphatic carboxylic acids is 1. The lowest BCUT2D eigenvalue weighted by atomic mass is 9.82. The Morgan fingerprint density at radius 2 is 1.95 bits per heavy atom. The van der Waals surface area contributed by atoms with Gasteiger partial charge in [0.25, 0.3) is 5.91 Å². The van der Waals surface area contributed by atoms with Gasteiger partial charge >= 0.3 is 5.97 Å². The molecule has 22 heavy (non-hydrogen) atoms. The normalized spacial score (nSPS) is 12.5. The van der Waals surface area contributed by atoms with Crippen LogP contribution in [-0.2, 0) is 9.59 Å². The molecular weight excluding hydrogens is 288 g/mol. The van der Waals surface area contributed by atoms with Gasteiger partial charge in [-0.3, -0.25) is 14.4 Å². The zero-order valence-corrected chi connectivity index (χ0v) is 13.0. The smallest absolute Gasteiger partial charge is 0.311 e. The highest BCUT2D eigenvalue weighted by Crippen LogP contribution is 2.25. The molecule has 0 aliphatic rings. The molecule has 3 N–H and O–H groups in total. The van der Waals surface area contributed by atoms with Gasteiger partial charge in [0.1, 0.15) is 12.3 Å². The van der Waals surface area contributed by atoms with Gasteiger partial charge < -0.3 is 20.2 Å². The van der Waals surface area contributed by atoms with Crippen molar-refractivity contribution < 1.29 is 23.9 Å². The first-order valence-electron chi connectivity index (χ1n) is 7.20. The van der Waals surface area contributed by atoms with E-state index in [2.05, 4.69) is 10.6 Å². The van der Waals surface area contributed by atoms with Gasteiger partial charge in [0.05, 0.1) is 17.2 Å². The third kappa shape index (κ3) is 4.09. The summed E-state index contributed by atoms with van der Waals surface area (Å²) in [7, 11) is 0. The first kappa shape index (κ1) is 17.7. The largest absolute Gasteiger partial charge is 0.481 e. The van der Waals surface area contributed by atoms with E-state index in [1.165, 1.54) is 25.5 Å². The molecule has 1 heterocycles. The van der Waals surface area contributed by atoms with E-state index in [-0.39, 0.29) is 6.54 Å². The summed E-state index contributed by atoms with van der Waals surface area (Å²) in [6.07, 6.45) is 3.47. The summed E-state index contributed by atoms with van der Waals surface area (Å²) < 4.78 is 4.80. The molecule has 7 nitrogen and oxygen atoms in total. The maximum absolute atomic E-state index is 12.0. The van der Waals surface area contributed by atoms with Gasteiger partial charge in [0.15, 0.2) is 0 Å². The van der Waals surface area contributed by atoms with Gasteiger partial charge in [-0.25, -0.2) is 0 Å². The Labute approximate surface area is 129 Å². The SMILES string of the molecule is CCC(CC)(CNC(=O)C(C)NC(=O)c1ccoc1)C(=O)O. The van der Waals surface area contributed by atoms with Gasteiger partial charge in [-0.15, -0.1) is 0 Å². The summed E-state index contributed by atoms with van der Waals surface area (Å²) in [6, 6.07) is 0.714. The number of nitrogens with one attached hydrogen (secondary N) is 2. The molecule has 0 saturated carbocycles. The minimum atomic E-state index is -0.982. The van der Waals surface area contributed by atoms with Crippen LogP contribution >= 0.6 is 0 Å². The lowest BCUT2D eigenvalue weighted by molar-refractivity contribution is -0.149. The summed E-state index contributed by atoms with van der Waals surface area (Å²) >= 11 is 0. The summed E-state index contributed by atoms with van der Waals surface area (Å²) in [5, 5.41) is 14.4. The van der Waals surface area contributed by atoms with Crippen LogP contribution in [0, 0.1) is 5.41 Å². The molecule has 1 rings (SSSR count). The first-order chi connectivity index (χ1) is 10.4. The maximum atomic E-state index is 12.0. The van der Waals surface area contributed by atoms with Crippen LogP contribution < -0.4 is 10.6 Å². The van der Waals surface area contributed by atoms with Crippen LogP contribution in [0.15, 0.2) is 23.0 Å². The van der Waals surface area contributed by atoms with Crippen molar-refractivity contribution in [3.63, 3.8) is 0 Å². The first-order valence-corrected chi connectivity index (χ1v) is 7.20. The molecule has 1 aromatic heterocycles. The Balaban J connectivity index is 2.57. The number of hydrogen-bond acceptors (Lipinski definition) is 4. The molecule has 2 amide bonds. The molecule has 0 aliphatic heterocycles. The van der Waals surface area contributed by atoms with Gasteiger partial charge in [-0.1, -0.05) is 13.8 Å². The van der Waals surface area contributed by atoms with Crippen molar-refractivity contribution >= 4 is 17.8 Å². The fourth-order valence-electron chi connectivity index (χ4n) is 2.03. The third-order valence-corrected chi connectivity index (χ3v) is 3.93. The fraction of sp³-hybridized carbons (Fsp3) is 0.533. The van der Waals surface area contributed by atoms with Crippen LogP contribution in [0.25, 0.3) is 0 Å². The van der Waals surface area contributed by atoms with Crippen LogP contribution in [0.3, 0.4) is 0 Å². The standard InChI is InChI=1S/C15H22N2O5/c1-4-15(5-2,14(20)21)9-16-12(18)10(3)17-13(19)11-6-7-22-8-11/h6-8,10H,4-5,9H2,1-3H3,(H,16,18)(H,17,19)(H,20,21). The molecule has 0 saturated heterocycles. The lowest BCUT2D eigenvalue weighted by Crippen LogP contribution is -2.49. The topological polar surface area (TPSA) is 109 Å². The van der Waals surface area contributed by atoms with Gasteiger partial charge in [0, 0.05) is 6.54 Å². The molecule has 7 heteroatoms. The second-order valence-electron chi connectivity index (χ2n) is 5.22. The monoisotopic (exact) mass is 310 g/mol. The van der Waals surface area contributed by atoms with Crippen LogP contribution in [-0.4, -0.2) is 35.5 Å². The molecule has 1 unspecified atom stereocenters. The predicted molar refractivity (Wildman–Crippen MR) is 79.3 cm³/mol. The Kier molecular flexibility index (Phi) is 6.15. The van der Waals surface area contributed by atoms with Crippen LogP contribution in [0.2, 0.25) is 0 Å². The van der Waals surface area contributed by atoms with E-state index >= 15 is 0 Å². The number of carboxylic acid groups (broad SMARTS) is 1. The second kappa shape index (κ2) is 7.63. The fourth-order valence-corrected chi connectivity index (χ4v) is 2.03. The number of rotatable bonds is 8. The Morgan fingerprint density at radius 1 is 1.32 bits per heavy atom. The molecule has 0 fully saturated rings. The molecule has 0 spiro atoms. The summed E-state index contributed by atoms with van der Waals surface area (Å²) in [5.74, 6) is -1.79. The Morgan fingerprint density at radius 3 is 2.41 bits per heavy atom. The minimum Gasteiger partial charge on any atom is -0.481 e. The zero-order valence-electron chi connectivity index (χ0n) is 13.0. The molecule has 0 aromatic carbocycles. The molecule has 0 bridgehead atoms. The van der Waals surface area contributed by atoms with E-state index in [0.717, 1.165) is 0 Å². The highest BCUT2D eigenvalue weighted by molar-refractivity contribution is 5.97. The summed E-state index contributed by atoms with van der Waals surface area (Å²) in [6.45, 7) is 5.11. The highest BCUT2D eigenvalue weighted by atomic mass is 16.4. The van der Waals surface area contributed by atoms with Crippen molar-refractivity contribution in [1.82, 2.24) is 10.6 Å². The van der Waals surface area contributed by atoms with E-state index in [0.29, 0.717) is 18.4 Å². The van der Waals surface area contributed by atoms with E-state index < -0.39 is 29.2 Å². The molecule has 122 valence electrons. The molecule has 0 radical (unpaired) electrons. The Bertz CT molecular complexity index is 520. The zero-order chi connectivity index (χ0) is 16.8. The van der Waals surface area contributed by atoms with Crippen molar-refractivity contribution in [2.45, 2.75) is 39.7 Å². The average molecular weight is 310 g/mol. The van der Waals surface area contributed by atoms with E-state index in [1.807, 2.05) is 0 Å².